The quantitative estimate of drug-likeness (QED) is 0.653. The zero-order valence-corrected chi connectivity index (χ0v) is 14.5. The van der Waals surface area contributed by atoms with Crippen LogP contribution in [0.15, 0.2) is 59.2 Å². The highest BCUT2D eigenvalue weighted by Crippen LogP contribution is 2.39. The van der Waals surface area contributed by atoms with Gasteiger partial charge in [0.25, 0.3) is 0 Å². The maximum absolute atomic E-state index is 7.85. The zero-order valence-electron chi connectivity index (χ0n) is 14.5. The van der Waals surface area contributed by atoms with Crippen LogP contribution in [0.4, 0.5) is 0 Å². The Labute approximate surface area is 139 Å². The van der Waals surface area contributed by atoms with Crippen LogP contribution in [-0.4, -0.2) is 6.21 Å². The minimum Gasteiger partial charge on any atom is -0.308 e. The molecule has 0 radical (unpaired) electrons. The summed E-state index contributed by atoms with van der Waals surface area (Å²) in [4.78, 5) is 0. The number of hydrogen-bond donors (Lipinski definition) is 1. The molecule has 1 heteroatoms. The molecule has 0 fully saturated rings. The maximum Gasteiger partial charge on any atom is 0.0253 e. The number of hydrogen-bond acceptors (Lipinski definition) is 1. The standard InChI is InChI=1S/C22H25N/c1-15-9-10-19(16(15)2)13-22(3,4)21-12-18-8-6-5-7-17(18)11-20(21)14-23/h5-9,11-12,14,23H,10,13H2,1-4H3. The van der Waals surface area contributed by atoms with Crippen LogP contribution >= 0.6 is 0 Å². The van der Waals surface area contributed by atoms with Gasteiger partial charge in [-0.1, -0.05) is 55.3 Å². The molecule has 3 rings (SSSR count). The van der Waals surface area contributed by atoms with E-state index < -0.39 is 0 Å². The van der Waals surface area contributed by atoms with Crippen LogP contribution in [0.25, 0.3) is 10.8 Å². The first kappa shape index (κ1) is 15.7. The van der Waals surface area contributed by atoms with Crippen molar-refractivity contribution in [2.24, 2.45) is 0 Å². The molecular weight excluding hydrogens is 278 g/mol. The lowest BCUT2D eigenvalue weighted by Gasteiger charge is -2.29. The van der Waals surface area contributed by atoms with Crippen molar-refractivity contribution in [1.29, 1.82) is 5.41 Å². The SMILES string of the molecule is CC1=CCC(CC(C)(C)c2cc3ccccc3cc2C=N)=C1C. The molecule has 0 bridgehead atoms. The van der Waals surface area contributed by atoms with E-state index in [1.54, 1.807) is 0 Å². The van der Waals surface area contributed by atoms with Crippen molar-refractivity contribution in [2.75, 3.05) is 0 Å². The van der Waals surface area contributed by atoms with Crippen molar-refractivity contribution in [3.8, 4) is 0 Å². The number of fused-ring (bicyclic) bond motifs is 1. The van der Waals surface area contributed by atoms with E-state index in [4.69, 9.17) is 5.41 Å². The summed E-state index contributed by atoms with van der Waals surface area (Å²) in [5, 5.41) is 10.3. The van der Waals surface area contributed by atoms with Gasteiger partial charge in [-0.25, -0.2) is 0 Å². The van der Waals surface area contributed by atoms with Gasteiger partial charge >= 0.3 is 0 Å². The average molecular weight is 303 g/mol. The van der Waals surface area contributed by atoms with Crippen molar-refractivity contribution >= 4 is 17.0 Å². The van der Waals surface area contributed by atoms with E-state index in [0.29, 0.717) is 0 Å². The molecule has 1 aliphatic rings. The predicted molar refractivity (Wildman–Crippen MR) is 101 cm³/mol. The number of benzene rings is 2. The van der Waals surface area contributed by atoms with Gasteiger partial charge in [0.15, 0.2) is 0 Å². The van der Waals surface area contributed by atoms with Crippen LogP contribution < -0.4 is 0 Å². The Morgan fingerprint density at radius 3 is 2.30 bits per heavy atom. The summed E-state index contributed by atoms with van der Waals surface area (Å²) in [5.74, 6) is 0. The molecule has 0 saturated carbocycles. The van der Waals surface area contributed by atoms with E-state index in [-0.39, 0.29) is 5.41 Å². The van der Waals surface area contributed by atoms with E-state index in [0.717, 1.165) is 18.4 Å². The summed E-state index contributed by atoms with van der Waals surface area (Å²) < 4.78 is 0. The molecule has 2 aromatic rings. The first-order valence-electron chi connectivity index (χ1n) is 8.32. The lowest BCUT2D eigenvalue weighted by Crippen LogP contribution is -2.20. The van der Waals surface area contributed by atoms with Crippen LogP contribution in [0.3, 0.4) is 0 Å². The molecule has 0 unspecified atom stereocenters. The van der Waals surface area contributed by atoms with E-state index in [2.05, 4.69) is 70.2 Å². The maximum atomic E-state index is 7.85. The first-order chi connectivity index (χ1) is 10.9. The molecule has 23 heavy (non-hydrogen) atoms. The number of allylic oxidation sites excluding steroid dienone is 4. The topological polar surface area (TPSA) is 23.9 Å². The molecule has 0 amide bonds. The molecule has 0 spiro atoms. The van der Waals surface area contributed by atoms with Crippen molar-refractivity contribution in [3.05, 3.63) is 70.3 Å². The highest BCUT2D eigenvalue weighted by molar-refractivity contribution is 5.92. The fraction of sp³-hybridized carbons (Fsp3) is 0.318. The normalized spacial score (nSPS) is 15.2. The van der Waals surface area contributed by atoms with Gasteiger partial charge in [-0.05, 0) is 71.7 Å². The van der Waals surface area contributed by atoms with Crippen LogP contribution in [0.1, 0.15) is 51.7 Å². The van der Waals surface area contributed by atoms with Crippen LogP contribution in [0, 0.1) is 5.41 Å². The van der Waals surface area contributed by atoms with E-state index in [1.807, 2.05) is 0 Å². The lowest BCUT2D eigenvalue weighted by atomic mass is 9.75. The Hall–Kier alpha value is -2.15. The van der Waals surface area contributed by atoms with E-state index in [9.17, 15) is 0 Å². The molecular formula is C22H25N. The summed E-state index contributed by atoms with van der Waals surface area (Å²) >= 11 is 0. The largest absolute Gasteiger partial charge is 0.308 e. The summed E-state index contributed by atoms with van der Waals surface area (Å²) in [6.07, 6.45) is 5.96. The minimum atomic E-state index is 0.0198. The molecule has 0 heterocycles. The molecule has 1 N–H and O–H groups in total. The Morgan fingerprint density at radius 1 is 1.09 bits per heavy atom. The van der Waals surface area contributed by atoms with Gasteiger partial charge < -0.3 is 5.41 Å². The zero-order chi connectivity index (χ0) is 16.6. The predicted octanol–water partition coefficient (Wildman–Crippen LogP) is 6.17. The van der Waals surface area contributed by atoms with Crippen molar-refractivity contribution in [2.45, 2.75) is 46.0 Å². The van der Waals surface area contributed by atoms with Crippen molar-refractivity contribution < 1.29 is 0 Å². The van der Waals surface area contributed by atoms with Crippen LogP contribution in [-0.2, 0) is 5.41 Å². The Bertz CT molecular complexity index is 834. The Morgan fingerprint density at radius 2 is 1.74 bits per heavy atom. The fourth-order valence-electron chi connectivity index (χ4n) is 3.66. The van der Waals surface area contributed by atoms with Gasteiger partial charge in [-0.2, -0.15) is 0 Å². The monoisotopic (exact) mass is 303 g/mol. The summed E-state index contributed by atoms with van der Waals surface area (Å²) in [6, 6.07) is 12.9. The molecule has 0 aliphatic heterocycles. The van der Waals surface area contributed by atoms with Gasteiger partial charge in [-0.3, -0.25) is 0 Å². The molecule has 1 nitrogen and oxygen atoms in total. The number of nitrogens with one attached hydrogen (secondary N) is 1. The summed E-state index contributed by atoms with van der Waals surface area (Å²) in [5.41, 5.74) is 6.74. The molecule has 2 aromatic carbocycles. The summed E-state index contributed by atoms with van der Waals surface area (Å²) in [6.45, 7) is 9.05. The minimum absolute atomic E-state index is 0.0198. The second-order valence-electron chi connectivity index (χ2n) is 7.31. The third-order valence-corrected chi connectivity index (χ3v) is 5.23. The lowest BCUT2D eigenvalue weighted by molar-refractivity contribution is 0.515. The van der Waals surface area contributed by atoms with Gasteiger partial charge in [0.05, 0.1) is 0 Å². The summed E-state index contributed by atoms with van der Waals surface area (Å²) in [7, 11) is 0. The average Bonchev–Trinajstić information content (AvgIpc) is 2.85. The fourth-order valence-corrected chi connectivity index (χ4v) is 3.66. The number of rotatable bonds is 4. The molecule has 118 valence electrons. The van der Waals surface area contributed by atoms with Crippen molar-refractivity contribution in [1.82, 2.24) is 0 Å². The van der Waals surface area contributed by atoms with E-state index in [1.165, 1.54) is 39.3 Å². The highest BCUT2D eigenvalue weighted by atomic mass is 14.4. The van der Waals surface area contributed by atoms with Crippen LogP contribution in [0.2, 0.25) is 0 Å². The van der Waals surface area contributed by atoms with Crippen molar-refractivity contribution in [3.63, 3.8) is 0 Å². The van der Waals surface area contributed by atoms with Gasteiger partial charge in [0, 0.05) is 6.21 Å². The van der Waals surface area contributed by atoms with E-state index >= 15 is 0 Å². The Balaban J connectivity index is 2.05. The molecule has 0 aromatic heterocycles. The smallest absolute Gasteiger partial charge is 0.0253 e. The third kappa shape index (κ3) is 2.88. The third-order valence-electron chi connectivity index (χ3n) is 5.23. The Kier molecular flexibility index (Phi) is 3.97. The second kappa shape index (κ2) is 5.81. The molecule has 0 atom stereocenters. The van der Waals surface area contributed by atoms with Crippen LogP contribution in [0.5, 0.6) is 0 Å². The molecule has 0 saturated heterocycles. The van der Waals surface area contributed by atoms with Gasteiger partial charge in [-0.15, -0.1) is 0 Å². The second-order valence-corrected chi connectivity index (χ2v) is 7.31. The highest BCUT2D eigenvalue weighted by Gasteiger charge is 2.26. The van der Waals surface area contributed by atoms with Gasteiger partial charge in [0.2, 0.25) is 0 Å². The molecule has 1 aliphatic carbocycles. The van der Waals surface area contributed by atoms with Gasteiger partial charge in [0.1, 0.15) is 0 Å². The first-order valence-corrected chi connectivity index (χ1v) is 8.32.